The number of rotatable bonds is 8. The van der Waals surface area contributed by atoms with E-state index in [-0.39, 0.29) is 37.4 Å². The number of tetrazole rings is 1. The average Bonchev–Trinajstić information content (AvgIpc) is 3.69. The molecule has 0 fully saturated rings. The summed E-state index contributed by atoms with van der Waals surface area (Å²) in [6.45, 7) is -0.000498. The lowest BCUT2D eigenvalue weighted by molar-refractivity contribution is -0.122. The summed E-state index contributed by atoms with van der Waals surface area (Å²) in [5.74, 6) is 0.422. The molecule has 3 aromatic carbocycles. The fourth-order valence-corrected chi connectivity index (χ4v) is 4.20. The Kier molecular flexibility index (Phi) is 6.58. The van der Waals surface area contributed by atoms with E-state index in [4.69, 9.17) is 9.47 Å². The Morgan fingerprint density at radius 1 is 1.00 bits per heavy atom. The highest BCUT2D eigenvalue weighted by Crippen LogP contribution is 2.34. The topological polar surface area (TPSA) is 138 Å². The summed E-state index contributed by atoms with van der Waals surface area (Å²) in [5, 5.41) is 19.7. The normalized spacial score (nSPS) is 12.2. The number of halogens is 1. The number of benzene rings is 3. The molecule has 0 atom stereocenters. The van der Waals surface area contributed by atoms with Crippen molar-refractivity contribution >= 4 is 34.6 Å². The zero-order chi connectivity index (χ0) is 27.5. The number of carbonyl (C=O) groups is 2. The van der Waals surface area contributed by atoms with Crippen LogP contribution in [0, 0.1) is 5.82 Å². The Morgan fingerprint density at radius 2 is 1.82 bits per heavy atom. The molecule has 0 saturated carbocycles. The van der Waals surface area contributed by atoms with Gasteiger partial charge < -0.3 is 19.4 Å². The van der Waals surface area contributed by atoms with Gasteiger partial charge in [-0.25, -0.2) is 9.82 Å². The van der Waals surface area contributed by atoms with Crippen LogP contribution in [0.1, 0.15) is 5.56 Å². The highest BCUT2D eigenvalue weighted by atomic mass is 19.1. The van der Waals surface area contributed by atoms with Crippen molar-refractivity contribution in [1.82, 2.24) is 30.2 Å². The Bertz CT molecular complexity index is 1750. The van der Waals surface area contributed by atoms with Crippen molar-refractivity contribution < 1.29 is 23.5 Å². The molecule has 200 valence electrons. The van der Waals surface area contributed by atoms with Gasteiger partial charge in [-0.1, -0.05) is 18.2 Å². The number of fused-ring (bicyclic) bond motifs is 2. The van der Waals surface area contributed by atoms with E-state index in [0.29, 0.717) is 28.3 Å². The molecule has 12 nitrogen and oxygen atoms in total. The minimum Gasteiger partial charge on any atom is -0.454 e. The van der Waals surface area contributed by atoms with E-state index >= 15 is 0 Å². The van der Waals surface area contributed by atoms with Gasteiger partial charge in [-0.15, -0.1) is 10.2 Å². The van der Waals surface area contributed by atoms with Crippen LogP contribution in [0.2, 0.25) is 0 Å². The maximum absolute atomic E-state index is 13.1. The van der Waals surface area contributed by atoms with Gasteiger partial charge >= 0.3 is 0 Å². The maximum Gasteiger partial charge on any atom is 0.263 e. The Balaban J connectivity index is 1.09. The molecule has 6 rings (SSSR count). The fraction of sp³-hybridized carbons (Fsp3) is 0.111. The Hall–Kier alpha value is -5.59. The van der Waals surface area contributed by atoms with Crippen LogP contribution in [-0.2, 0) is 22.7 Å². The van der Waals surface area contributed by atoms with Crippen molar-refractivity contribution in [2.24, 2.45) is 5.10 Å². The van der Waals surface area contributed by atoms with Gasteiger partial charge in [0.05, 0.1) is 6.21 Å². The SMILES string of the molecule is O=C(Cn1nnc(-c2ccc(F)cc2)n1)NN=Cc1cn(CC(=O)Nc2ccc3c(c2)OCO3)c2ccccc12. The lowest BCUT2D eigenvalue weighted by Gasteiger charge is -2.08. The number of amides is 2. The number of ether oxygens (including phenoxy) is 2. The van der Waals surface area contributed by atoms with Crippen LogP contribution in [0.4, 0.5) is 10.1 Å². The van der Waals surface area contributed by atoms with E-state index in [0.717, 1.165) is 15.7 Å². The second kappa shape index (κ2) is 10.6. The number of nitrogens with one attached hydrogen (secondary N) is 2. The predicted octanol–water partition coefficient (Wildman–Crippen LogP) is 2.95. The van der Waals surface area contributed by atoms with E-state index in [1.807, 2.05) is 24.3 Å². The molecule has 13 heteroatoms. The van der Waals surface area contributed by atoms with Gasteiger partial charge in [0.25, 0.3) is 5.91 Å². The highest BCUT2D eigenvalue weighted by molar-refractivity contribution is 6.00. The largest absolute Gasteiger partial charge is 0.454 e. The summed E-state index contributed by atoms with van der Waals surface area (Å²) < 4.78 is 25.6. The van der Waals surface area contributed by atoms with Crippen molar-refractivity contribution in [3.05, 3.63) is 84.3 Å². The molecule has 0 saturated heterocycles. The lowest BCUT2D eigenvalue weighted by atomic mass is 10.2. The van der Waals surface area contributed by atoms with E-state index in [1.54, 1.807) is 29.0 Å². The Morgan fingerprint density at radius 3 is 2.70 bits per heavy atom. The van der Waals surface area contributed by atoms with Crippen molar-refractivity contribution in [3.63, 3.8) is 0 Å². The predicted molar refractivity (Wildman–Crippen MR) is 142 cm³/mol. The quantitative estimate of drug-likeness (QED) is 0.228. The second-order valence-electron chi connectivity index (χ2n) is 8.79. The van der Waals surface area contributed by atoms with E-state index < -0.39 is 5.91 Å². The van der Waals surface area contributed by atoms with Crippen molar-refractivity contribution in [1.29, 1.82) is 0 Å². The number of nitrogens with zero attached hydrogens (tertiary/aromatic N) is 6. The molecule has 2 aromatic heterocycles. The van der Waals surface area contributed by atoms with Gasteiger partial charge in [0.1, 0.15) is 18.9 Å². The summed E-state index contributed by atoms with van der Waals surface area (Å²) in [6.07, 6.45) is 3.29. The van der Waals surface area contributed by atoms with Crippen LogP contribution < -0.4 is 20.2 Å². The minimum absolute atomic E-state index is 0.0590. The maximum atomic E-state index is 13.1. The number of para-hydroxylation sites is 1. The standard InChI is InChI=1S/C27H21FN8O4/c28-19-7-5-17(6-8-19)27-32-34-36(33-27)15-26(38)31-29-12-18-13-35(22-4-2-1-3-21(18)22)14-25(37)30-20-9-10-23-24(11-20)40-16-39-23/h1-13H,14-16H2,(H,30,37)(H,31,38). The van der Waals surface area contributed by atoms with Crippen LogP contribution in [0.5, 0.6) is 11.5 Å². The molecule has 40 heavy (non-hydrogen) atoms. The molecular formula is C27H21FN8O4. The molecule has 2 amide bonds. The van der Waals surface area contributed by atoms with Crippen LogP contribution in [0.3, 0.4) is 0 Å². The van der Waals surface area contributed by atoms with E-state index in [9.17, 15) is 14.0 Å². The molecule has 0 bridgehead atoms. The van der Waals surface area contributed by atoms with Gasteiger partial charge in [0, 0.05) is 40.0 Å². The van der Waals surface area contributed by atoms with Gasteiger partial charge in [-0.2, -0.15) is 9.90 Å². The van der Waals surface area contributed by atoms with Gasteiger partial charge in [-0.05, 0) is 47.7 Å². The highest BCUT2D eigenvalue weighted by Gasteiger charge is 2.15. The second-order valence-corrected chi connectivity index (χ2v) is 8.79. The fourth-order valence-electron chi connectivity index (χ4n) is 4.20. The molecule has 1 aliphatic heterocycles. The number of hydrogen-bond acceptors (Lipinski definition) is 8. The van der Waals surface area contributed by atoms with E-state index in [1.165, 1.54) is 30.5 Å². The van der Waals surface area contributed by atoms with Crippen LogP contribution in [-0.4, -0.2) is 49.6 Å². The number of hydrazone groups is 1. The van der Waals surface area contributed by atoms with Gasteiger partial charge in [0.15, 0.2) is 11.5 Å². The number of carbonyl (C=O) groups excluding carboxylic acids is 2. The minimum atomic E-state index is -0.467. The smallest absolute Gasteiger partial charge is 0.263 e. The van der Waals surface area contributed by atoms with Crippen molar-refractivity contribution in [2.45, 2.75) is 13.1 Å². The van der Waals surface area contributed by atoms with Crippen molar-refractivity contribution in [3.8, 4) is 22.9 Å². The first-order chi connectivity index (χ1) is 19.5. The van der Waals surface area contributed by atoms with Gasteiger partial charge in [0.2, 0.25) is 18.5 Å². The third-order valence-electron chi connectivity index (χ3n) is 6.02. The van der Waals surface area contributed by atoms with Gasteiger partial charge in [-0.3, -0.25) is 9.59 Å². The van der Waals surface area contributed by atoms with E-state index in [2.05, 4.69) is 31.3 Å². The molecular weight excluding hydrogens is 519 g/mol. The molecule has 0 radical (unpaired) electrons. The summed E-state index contributed by atoms with van der Waals surface area (Å²) in [5.41, 5.74) is 5.16. The summed E-state index contributed by atoms with van der Waals surface area (Å²) in [7, 11) is 0. The molecule has 3 heterocycles. The lowest BCUT2D eigenvalue weighted by Crippen LogP contribution is -2.24. The third kappa shape index (κ3) is 5.34. The number of anilines is 1. The monoisotopic (exact) mass is 540 g/mol. The average molecular weight is 541 g/mol. The molecule has 1 aliphatic rings. The molecule has 2 N–H and O–H groups in total. The number of aromatic nitrogens is 5. The summed E-state index contributed by atoms with van der Waals surface area (Å²) in [6, 6.07) is 18.4. The van der Waals surface area contributed by atoms with Crippen LogP contribution >= 0.6 is 0 Å². The number of hydrogen-bond donors (Lipinski definition) is 2. The van der Waals surface area contributed by atoms with Crippen molar-refractivity contribution in [2.75, 3.05) is 12.1 Å². The third-order valence-corrected chi connectivity index (χ3v) is 6.02. The first kappa shape index (κ1) is 24.7. The molecule has 5 aromatic rings. The summed E-state index contributed by atoms with van der Waals surface area (Å²) in [4.78, 5) is 26.3. The summed E-state index contributed by atoms with van der Waals surface area (Å²) >= 11 is 0. The first-order valence-corrected chi connectivity index (χ1v) is 12.1. The Labute approximate surface area is 226 Å². The zero-order valence-corrected chi connectivity index (χ0v) is 20.8. The zero-order valence-electron chi connectivity index (χ0n) is 20.8. The van der Waals surface area contributed by atoms with Crippen LogP contribution in [0.15, 0.2) is 78.0 Å². The molecule has 0 spiro atoms. The van der Waals surface area contributed by atoms with Crippen LogP contribution in [0.25, 0.3) is 22.3 Å². The first-order valence-electron chi connectivity index (χ1n) is 12.1. The molecule has 0 aliphatic carbocycles. The molecule has 0 unspecified atom stereocenters.